The first-order valence-corrected chi connectivity index (χ1v) is 16.4. The average Bonchev–Trinajstić information content (AvgIpc) is 3.46. The van der Waals surface area contributed by atoms with Crippen molar-refractivity contribution in [3.8, 4) is 5.75 Å². The minimum absolute atomic E-state index is 0.0138. The number of hydrogen-bond acceptors (Lipinski definition) is 8. The van der Waals surface area contributed by atoms with Crippen LogP contribution in [0.4, 0.5) is 5.95 Å². The summed E-state index contributed by atoms with van der Waals surface area (Å²) in [4.78, 5) is 33.0. The summed E-state index contributed by atoms with van der Waals surface area (Å²) in [7, 11) is 0. The number of nitrogens with zero attached hydrogens (tertiary/aromatic N) is 4. The smallest absolute Gasteiger partial charge is 0.338 e. The maximum Gasteiger partial charge on any atom is 0.338 e. The summed E-state index contributed by atoms with van der Waals surface area (Å²) in [5.41, 5.74) is 3.27. The summed E-state index contributed by atoms with van der Waals surface area (Å²) in [5, 5.41) is 8.79. The molecule has 3 aromatic rings. The standard InChI is InChI=1S/C33H39N5O4S/c1-23-29(31(40)42-27-13-7-3-8-14-27)30(38-32(34-23)35-33(36-38)43-22-24-11-5-2-6-12-24)25-15-17-26(18-16-25)41-21-28(39)37-19-9-4-10-20-37/h2,5-6,11-12,15-18,27,30H,3-4,7-10,13-14,19-22H2,1H3,(H,34,35,36). The molecular formula is C33H39N5O4S. The Bertz CT molecular complexity index is 1440. The number of piperidine rings is 1. The van der Waals surface area contributed by atoms with Crippen LogP contribution in [0.1, 0.15) is 75.5 Å². The minimum Gasteiger partial charge on any atom is -0.484 e. The molecule has 6 rings (SSSR count). The highest BCUT2D eigenvalue weighted by Crippen LogP contribution is 2.38. The predicted octanol–water partition coefficient (Wildman–Crippen LogP) is 6.13. The Morgan fingerprint density at radius 1 is 0.953 bits per heavy atom. The van der Waals surface area contributed by atoms with Crippen LogP contribution in [0.25, 0.3) is 0 Å². The molecule has 1 saturated heterocycles. The van der Waals surface area contributed by atoms with Crippen molar-refractivity contribution >= 4 is 29.6 Å². The number of aromatic nitrogens is 3. The first kappa shape index (κ1) is 29.3. The van der Waals surface area contributed by atoms with Crippen molar-refractivity contribution in [1.82, 2.24) is 19.7 Å². The van der Waals surface area contributed by atoms with Gasteiger partial charge < -0.3 is 19.7 Å². The van der Waals surface area contributed by atoms with Gasteiger partial charge in [-0.15, -0.1) is 5.10 Å². The molecule has 2 fully saturated rings. The molecule has 226 valence electrons. The van der Waals surface area contributed by atoms with E-state index in [0.29, 0.717) is 28.1 Å². The van der Waals surface area contributed by atoms with Crippen LogP contribution in [0.2, 0.25) is 0 Å². The number of anilines is 1. The monoisotopic (exact) mass is 601 g/mol. The molecule has 2 aliphatic heterocycles. The molecule has 0 bridgehead atoms. The number of thioether (sulfide) groups is 1. The van der Waals surface area contributed by atoms with Gasteiger partial charge in [0.25, 0.3) is 5.91 Å². The number of allylic oxidation sites excluding steroid dienone is 1. The molecule has 0 radical (unpaired) electrons. The number of esters is 1. The van der Waals surface area contributed by atoms with Gasteiger partial charge in [-0.1, -0.05) is 60.6 Å². The van der Waals surface area contributed by atoms with E-state index in [9.17, 15) is 9.59 Å². The van der Waals surface area contributed by atoms with Crippen molar-refractivity contribution < 1.29 is 19.1 Å². The third-order valence-electron chi connectivity index (χ3n) is 8.36. The Balaban J connectivity index is 1.23. The third-order valence-corrected chi connectivity index (χ3v) is 9.27. The number of carbonyl (C=O) groups excluding carboxylic acids is 2. The number of hydrogen-bond donors (Lipinski definition) is 1. The number of likely N-dealkylation sites (tertiary alicyclic amines) is 1. The SMILES string of the molecule is CC1=C(C(=O)OC2CCCCC2)C(c2ccc(OCC(=O)N3CCCCC3)cc2)n2nc(SCc3ccccc3)nc2N1. The molecule has 3 aliphatic rings. The number of rotatable bonds is 9. The van der Waals surface area contributed by atoms with Gasteiger partial charge in [-0.05, 0) is 75.1 Å². The first-order chi connectivity index (χ1) is 21.0. The van der Waals surface area contributed by atoms with Crippen molar-refractivity contribution in [2.24, 2.45) is 0 Å². The van der Waals surface area contributed by atoms with Crippen LogP contribution in [0, 0.1) is 0 Å². The topological polar surface area (TPSA) is 98.6 Å². The number of ether oxygens (including phenoxy) is 2. The molecule has 0 spiro atoms. The van der Waals surface area contributed by atoms with Crippen LogP contribution in [0.15, 0.2) is 71.0 Å². The highest BCUT2D eigenvalue weighted by Gasteiger charge is 2.36. The lowest BCUT2D eigenvalue weighted by molar-refractivity contribution is -0.146. The van der Waals surface area contributed by atoms with Gasteiger partial charge in [0, 0.05) is 24.5 Å². The number of carbonyl (C=O) groups is 2. The van der Waals surface area contributed by atoms with Crippen molar-refractivity contribution in [2.75, 3.05) is 25.0 Å². The lowest BCUT2D eigenvalue weighted by Crippen LogP contribution is -2.38. The Hall–Kier alpha value is -3.79. The second-order valence-corrected chi connectivity index (χ2v) is 12.4. The van der Waals surface area contributed by atoms with Gasteiger partial charge in [-0.2, -0.15) is 4.98 Å². The molecular weight excluding hydrogens is 562 g/mol. The van der Waals surface area contributed by atoms with Crippen LogP contribution in [0.3, 0.4) is 0 Å². The van der Waals surface area contributed by atoms with E-state index in [1.165, 1.54) is 18.4 Å². The van der Waals surface area contributed by atoms with Crippen molar-refractivity contribution in [1.29, 1.82) is 0 Å². The van der Waals surface area contributed by atoms with Gasteiger partial charge in [-0.25, -0.2) is 9.48 Å². The van der Waals surface area contributed by atoms with Crippen LogP contribution in [-0.4, -0.2) is 57.3 Å². The Labute approximate surface area is 257 Å². The molecule has 1 unspecified atom stereocenters. The molecule has 9 nitrogen and oxygen atoms in total. The van der Waals surface area contributed by atoms with E-state index in [0.717, 1.165) is 62.9 Å². The van der Waals surface area contributed by atoms with Crippen molar-refractivity contribution in [3.63, 3.8) is 0 Å². The molecule has 10 heteroatoms. The number of fused-ring (bicyclic) bond motifs is 1. The molecule has 1 aliphatic carbocycles. The average molecular weight is 602 g/mol. The minimum atomic E-state index is -0.519. The van der Waals surface area contributed by atoms with Gasteiger partial charge in [0.15, 0.2) is 6.61 Å². The Morgan fingerprint density at radius 2 is 1.67 bits per heavy atom. The van der Waals surface area contributed by atoms with E-state index >= 15 is 0 Å². The number of benzene rings is 2. The van der Waals surface area contributed by atoms with Gasteiger partial charge >= 0.3 is 5.97 Å². The molecule has 2 aromatic carbocycles. The summed E-state index contributed by atoms with van der Waals surface area (Å²) < 4.78 is 13.7. The Morgan fingerprint density at radius 3 is 2.42 bits per heavy atom. The second-order valence-electron chi connectivity index (χ2n) is 11.5. The van der Waals surface area contributed by atoms with Gasteiger partial charge in [0.1, 0.15) is 17.9 Å². The molecule has 43 heavy (non-hydrogen) atoms. The zero-order chi connectivity index (χ0) is 29.6. The van der Waals surface area contributed by atoms with E-state index in [-0.39, 0.29) is 24.6 Å². The maximum atomic E-state index is 13.7. The summed E-state index contributed by atoms with van der Waals surface area (Å²) in [6.07, 6.45) is 8.34. The fourth-order valence-corrected chi connectivity index (χ4v) is 6.80. The first-order valence-electron chi connectivity index (χ1n) is 15.4. The summed E-state index contributed by atoms with van der Waals surface area (Å²) >= 11 is 1.55. The van der Waals surface area contributed by atoms with E-state index in [4.69, 9.17) is 19.6 Å². The largest absolute Gasteiger partial charge is 0.484 e. The van der Waals surface area contributed by atoms with Gasteiger partial charge in [-0.3, -0.25) is 4.79 Å². The summed E-state index contributed by atoms with van der Waals surface area (Å²) in [6, 6.07) is 17.2. The molecule has 3 heterocycles. The number of nitrogens with one attached hydrogen (secondary N) is 1. The van der Waals surface area contributed by atoms with Gasteiger partial charge in [0.2, 0.25) is 11.1 Å². The number of amides is 1. The molecule has 1 N–H and O–H groups in total. The van der Waals surface area contributed by atoms with E-state index in [1.54, 1.807) is 16.4 Å². The molecule has 1 aromatic heterocycles. The molecule has 1 atom stereocenters. The van der Waals surface area contributed by atoms with E-state index in [1.807, 2.05) is 54.3 Å². The molecule has 1 saturated carbocycles. The third kappa shape index (κ3) is 7.06. The second kappa shape index (κ2) is 13.7. The Kier molecular flexibility index (Phi) is 9.31. The summed E-state index contributed by atoms with van der Waals surface area (Å²) in [5.74, 6) is 1.61. The van der Waals surface area contributed by atoms with Crippen LogP contribution in [0.5, 0.6) is 5.75 Å². The van der Waals surface area contributed by atoms with Crippen LogP contribution >= 0.6 is 11.8 Å². The highest BCUT2D eigenvalue weighted by atomic mass is 32.2. The van der Waals surface area contributed by atoms with Crippen LogP contribution < -0.4 is 10.1 Å². The normalized spacial score (nSPS) is 19.0. The fourth-order valence-electron chi connectivity index (χ4n) is 6.01. The summed E-state index contributed by atoms with van der Waals surface area (Å²) in [6.45, 7) is 3.51. The van der Waals surface area contributed by atoms with E-state index in [2.05, 4.69) is 17.4 Å². The zero-order valence-electron chi connectivity index (χ0n) is 24.7. The van der Waals surface area contributed by atoms with Crippen molar-refractivity contribution in [2.45, 2.75) is 81.3 Å². The predicted molar refractivity (Wildman–Crippen MR) is 166 cm³/mol. The van der Waals surface area contributed by atoms with E-state index < -0.39 is 6.04 Å². The van der Waals surface area contributed by atoms with Crippen LogP contribution in [-0.2, 0) is 20.1 Å². The van der Waals surface area contributed by atoms with Crippen molar-refractivity contribution in [3.05, 3.63) is 77.0 Å². The lowest BCUT2D eigenvalue weighted by Gasteiger charge is -2.30. The zero-order valence-corrected chi connectivity index (χ0v) is 25.5. The molecule has 1 amide bonds. The fraction of sp³-hybridized carbons (Fsp3) is 0.455. The maximum absolute atomic E-state index is 13.7. The highest BCUT2D eigenvalue weighted by molar-refractivity contribution is 7.98. The lowest BCUT2D eigenvalue weighted by atomic mass is 9.95. The quantitative estimate of drug-likeness (QED) is 0.231. The van der Waals surface area contributed by atoms with Gasteiger partial charge in [0.05, 0.1) is 5.57 Å².